The molecule has 3 aromatic rings. The Bertz CT molecular complexity index is 1320. The molecule has 2 aromatic carbocycles. The standard InChI is InChI=1S/C26H24N4O3S/c1-5-13-32-21-12-7-6-11-20(21)24-23(25(31)27-22-15-17(3)33-29-22)18(4)30(26(34)28-24)19-10-8-9-16(2)14-19/h1,6-12,14-15,24H,13H2,2-4H3,(H,28,34)(H,27,29,31)/t24-/m1/s1. The summed E-state index contributed by atoms with van der Waals surface area (Å²) < 4.78 is 10.9. The van der Waals surface area contributed by atoms with E-state index in [9.17, 15) is 4.79 Å². The van der Waals surface area contributed by atoms with Gasteiger partial charge in [-0.3, -0.25) is 9.69 Å². The molecule has 7 nitrogen and oxygen atoms in total. The zero-order chi connectivity index (χ0) is 24.2. The molecule has 1 aromatic heterocycles. The number of benzene rings is 2. The third-order valence-electron chi connectivity index (χ3n) is 5.40. The monoisotopic (exact) mass is 472 g/mol. The first-order valence-corrected chi connectivity index (χ1v) is 11.1. The number of rotatable bonds is 6. The summed E-state index contributed by atoms with van der Waals surface area (Å²) in [5, 5.41) is 10.5. The van der Waals surface area contributed by atoms with Gasteiger partial charge >= 0.3 is 0 Å². The second kappa shape index (κ2) is 9.81. The normalized spacial score (nSPS) is 15.5. The molecule has 2 N–H and O–H groups in total. The van der Waals surface area contributed by atoms with Gasteiger partial charge in [-0.1, -0.05) is 41.4 Å². The number of terminal acetylenes is 1. The van der Waals surface area contributed by atoms with Crippen LogP contribution in [0.3, 0.4) is 0 Å². The van der Waals surface area contributed by atoms with Crippen molar-refractivity contribution in [2.45, 2.75) is 26.8 Å². The van der Waals surface area contributed by atoms with Crippen LogP contribution in [0.15, 0.2) is 70.4 Å². The molecule has 0 saturated carbocycles. The average molecular weight is 473 g/mol. The van der Waals surface area contributed by atoms with Crippen molar-refractivity contribution in [1.29, 1.82) is 0 Å². The van der Waals surface area contributed by atoms with Crippen LogP contribution in [-0.2, 0) is 4.79 Å². The lowest BCUT2D eigenvalue weighted by Gasteiger charge is -2.38. The fourth-order valence-electron chi connectivity index (χ4n) is 3.93. The van der Waals surface area contributed by atoms with Crippen LogP contribution in [-0.4, -0.2) is 22.8 Å². The smallest absolute Gasteiger partial charge is 0.257 e. The van der Waals surface area contributed by atoms with Gasteiger partial charge in [-0.2, -0.15) is 0 Å². The number of aryl methyl sites for hydroxylation is 2. The van der Waals surface area contributed by atoms with Gasteiger partial charge in [-0.05, 0) is 56.8 Å². The SMILES string of the molecule is C#CCOc1ccccc1[C@H]1NC(=S)N(c2cccc(C)c2)C(C)=C1C(=O)Nc1cc(C)on1. The Kier molecular flexibility index (Phi) is 6.66. The molecule has 4 rings (SSSR count). The predicted octanol–water partition coefficient (Wildman–Crippen LogP) is 4.65. The van der Waals surface area contributed by atoms with E-state index in [1.807, 2.05) is 67.3 Å². The van der Waals surface area contributed by atoms with Gasteiger partial charge < -0.3 is 19.9 Å². The molecule has 0 aliphatic carbocycles. The molecule has 1 aliphatic heterocycles. The lowest BCUT2D eigenvalue weighted by Crippen LogP contribution is -2.48. The van der Waals surface area contributed by atoms with Crippen LogP contribution in [0.5, 0.6) is 5.75 Å². The summed E-state index contributed by atoms with van der Waals surface area (Å²) >= 11 is 5.76. The number of carbonyl (C=O) groups excluding carboxylic acids is 1. The lowest BCUT2D eigenvalue weighted by atomic mass is 9.93. The van der Waals surface area contributed by atoms with E-state index in [1.165, 1.54) is 0 Å². The van der Waals surface area contributed by atoms with Crippen LogP contribution in [0.4, 0.5) is 11.5 Å². The van der Waals surface area contributed by atoms with Crippen molar-refractivity contribution in [3.8, 4) is 18.1 Å². The number of allylic oxidation sites excluding steroid dienone is 1. The number of amides is 1. The fourth-order valence-corrected chi connectivity index (χ4v) is 4.29. The molecule has 1 aliphatic rings. The fraction of sp³-hybridized carbons (Fsp3) is 0.192. The van der Waals surface area contributed by atoms with Gasteiger partial charge in [0.05, 0.1) is 11.6 Å². The highest BCUT2D eigenvalue weighted by Gasteiger charge is 2.36. The molecule has 0 saturated heterocycles. The van der Waals surface area contributed by atoms with Crippen LogP contribution >= 0.6 is 12.2 Å². The van der Waals surface area contributed by atoms with Crippen molar-refractivity contribution in [3.05, 3.63) is 82.8 Å². The molecule has 0 unspecified atom stereocenters. The zero-order valence-electron chi connectivity index (χ0n) is 19.1. The Morgan fingerprint density at radius 1 is 1.24 bits per heavy atom. The van der Waals surface area contributed by atoms with Crippen LogP contribution < -0.4 is 20.3 Å². The first-order chi connectivity index (χ1) is 16.4. The van der Waals surface area contributed by atoms with Gasteiger partial charge in [0.1, 0.15) is 18.1 Å². The van der Waals surface area contributed by atoms with Crippen LogP contribution in [0, 0.1) is 26.2 Å². The van der Waals surface area contributed by atoms with E-state index in [2.05, 4.69) is 21.7 Å². The van der Waals surface area contributed by atoms with Crippen molar-refractivity contribution in [3.63, 3.8) is 0 Å². The van der Waals surface area contributed by atoms with Crippen molar-refractivity contribution in [2.75, 3.05) is 16.8 Å². The molecule has 0 fully saturated rings. The number of ether oxygens (including phenoxy) is 1. The summed E-state index contributed by atoms with van der Waals surface area (Å²) in [6.45, 7) is 5.74. The summed E-state index contributed by atoms with van der Waals surface area (Å²) in [5.41, 5.74) is 3.82. The second-order valence-corrected chi connectivity index (χ2v) is 8.25. The van der Waals surface area contributed by atoms with Crippen LogP contribution in [0.25, 0.3) is 0 Å². The molecule has 1 atom stereocenters. The number of para-hydroxylation sites is 1. The largest absolute Gasteiger partial charge is 0.481 e. The van der Waals surface area contributed by atoms with Crippen LogP contribution in [0.2, 0.25) is 0 Å². The number of carbonyl (C=O) groups is 1. The highest BCUT2D eigenvalue weighted by atomic mass is 32.1. The van der Waals surface area contributed by atoms with Crippen molar-refractivity contribution in [1.82, 2.24) is 10.5 Å². The summed E-state index contributed by atoms with van der Waals surface area (Å²) in [6.07, 6.45) is 5.40. The number of nitrogens with one attached hydrogen (secondary N) is 2. The molecule has 34 heavy (non-hydrogen) atoms. The van der Waals surface area contributed by atoms with Gasteiger partial charge in [0.15, 0.2) is 10.9 Å². The topological polar surface area (TPSA) is 79.6 Å². The number of hydrogen-bond donors (Lipinski definition) is 2. The average Bonchev–Trinajstić information content (AvgIpc) is 3.21. The van der Waals surface area contributed by atoms with Crippen molar-refractivity contribution in [2.24, 2.45) is 0 Å². The minimum Gasteiger partial charge on any atom is -0.481 e. The molecule has 8 heteroatoms. The lowest BCUT2D eigenvalue weighted by molar-refractivity contribution is -0.113. The molecule has 0 spiro atoms. The molecule has 2 heterocycles. The predicted molar refractivity (Wildman–Crippen MR) is 135 cm³/mol. The molecule has 1 amide bonds. The van der Waals surface area contributed by atoms with Crippen LogP contribution in [0.1, 0.15) is 29.9 Å². The Hall–Kier alpha value is -4.09. The zero-order valence-corrected chi connectivity index (χ0v) is 19.9. The molecule has 0 bridgehead atoms. The quantitative estimate of drug-likeness (QED) is 0.399. The maximum Gasteiger partial charge on any atom is 0.257 e. The third-order valence-corrected chi connectivity index (χ3v) is 5.70. The Morgan fingerprint density at radius 3 is 2.74 bits per heavy atom. The van der Waals surface area contributed by atoms with Gasteiger partial charge in [0.2, 0.25) is 0 Å². The summed E-state index contributed by atoms with van der Waals surface area (Å²) in [5.74, 6) is 3.63. The van der Waals surface area contributed by atoms with Gasteiger partial charge in [-0.15, -0.1) is 6.42 Å². The van der Waals surface area contributed by atoms with E-state index in [0.717, 1.165) is 16.8 Å². The third kappa shape index (κ3) is 4.65. The Balaban J connectivity index is 1.83. The summed E-state index contributed by atoms with van der Waals surface area (Å²) in [4.78, 5) is 15.5. The molecule has 0 radical (unpaired) electrons. The van der Waals surface area contributed by atoms with E-state index in [0.29, 0.717) is 33.7 Å². The minimum atomic E-state index is -0.574. The van der Waals surface area contributed by atoms with E-state index >= 15 is 0 Å². The van der Waals surface area contributed by atoms with Gasteiger partial charge in [0.25, 0.3) is 5.91 Å². The van der Waals surface area contributed by atoms with Gasteiger partial charge in [-0.25, -0.2) is 0 Å². The molecule has 172 valence electrons. The second-order valence-electron chi connectivity index (χ2n) is 7.86. The highest BCUT2D eigenvalue weighted by Crippen LogP contribution is 2.37. The first kappa shape index (κ1) is 23.1. The van der Waals surface area contributed by atoms with Crippen molar-refractivity contribution < 1.29 is 14.1 Å². The minimum absolute atomic E-state index is 0.103. The number of anilines is 2. The highest BCUT2D eigenvalue weighted by molar-refractivity contribution is 7.80. The summed E-state index contributed by atoms with van der Waals surface area (Å²) in [6, 6.07) is 16.4. The van der Waals surface area contributed by atoms with Crippen molar-refractivity contribution >= 4 is 34.7 Å². The Morgan fingerprint density at radius 2 is 2.03 bits per heavy atom. The molecular weight excluding hydrogens is 448 g/mol. The number of hydrogen-bond acceptors (Lipinski definition) is 5. The van der Waals surface area contributed by atoms with E-state index in [1.54, 1.807) is 13.0 Å². The summed E-state index contributed by atoms with van der Waals surface area (Å²) in [7, 11) is 0. The van der Waals surface area contributed by atoms with E-state index in [4.69, 9.17) is 27.9 Å². The number of nitrogens with zero attached hydrogens (tertiary/aromatic N) is 2. The Labute approximate surface area is 203 Å². The molecular formula is C26H24N4O3S. The van der Waals surface area contributed by atoms with E-state index in [-0.39, 0.29) is 12.5 Å². The maximum absolute atomic E-state index is 13.6. The van der Waals surface area contributed by atoms with Gasteiger partial charge in [0, 0.05) is 23.0 Å². The number of thiocarbonyl (C=S) groups is 1. The first-order valence-electron chi connectivity index (χ1n) is 10.7. The van der Waals surface area contributed by atoms with E-state index < -0.39 is 6.04 Å². The number of aromatic nitrogens is 1. The maximum atomic E-state index is 13.6.